The second-order valence-electron chi connectivity index (χ2n) is 5.23. The van der Waals surface area contributed by atoms with Gasteiger partial charge in [0.1, 0.15) is 0 Å². The van der Waals surface area contributed by atoms with Crippen molar-refractivity contribution in [3.63, 3.8) is 0 Å². The Kier molecular flexibility index (Phi) is 6.32. The zero-order chi connectivity index (χ0) is 12.0. The molecule has 0 amide bonds. The van der Waals surface area contributed by atoms with Gasteiger partial charge in [0.2, 0.25) is 0 Å². The van der Waals surface area contributed by atoms with Crippen molar-refractivity contribution < 1.29 is 5.11 Å². The molecule has 0 spiro atoms. The molecule has 0 aliphatic heterocycles. The van der Waals surface area contributed by atoms with Crippen LogP contribution in [0.5, 0.6) is 0 Å². The standard InChI is InChI=1S/C13H28N2O/c1-4-11-5-6-13(14-2)12(9-11)10-15(3)7-8-16/h11-14,16H,4-10H2,1-3H3. The van der Waals surface area contributed by atoms with Crippen molar-refractivity contribution in [3.8, 4) is 0 Å². The molecule has 0 aromatic heterocycles. The number of aliphatic hydroxyl groups is 1. The average Bonchev–Trinajstić information content (AvgIpc) is 2.29. The predicted octanol–water partition coefficient (Wildman–Crippen LogP) is 1.32. The Morgan fingerprint density at radius 3 is 2.69 bits per heavy atom. The molecule has 1 rings (SSSR count). The normalized spacial score (nSPS) is 30.9. The van der Waals surface area contributed by atoms with E-state index < -0.39 is 0 Å². The third-order valence-electron chi connectivity index (χ3n) is 4.07. The highest BCUT2D eigenvalue weighted by Crippen LogP contribution is 2.31. The van der Waals surface area contributed by atoms with Gasteiger partial charge in [0.25, 0.3) is 0 Å². The lowest BCUT2D eigenvalue weighted by Gasteiger charge is -2.37. The van der Waals surface area contributed by atoms with Crippen LogP contribution in [-0.2, 0) is 0 Å². The number of nitrogens with one attached hydrogen (secondary N) is 1. The number of hydrogen-bond donors (Lipinski definition) is 2. The molecule has 3 nitrogen and oxygen atoms in total. The fourth-order valence-electron chi connectivity index (χ4n) is 2.98. The number of aliphatic hydroxyl groups excluding tert-OH is 1. The summed E-state index contributed by atoms with van der Waals surface area (Å²) >= 11 is 0. The average molecular weight is 228 g/mol. The van der Waals surface area contributed by atoms with Gasteiger partial charge >= 0.3 is 0 Å². The van der Waals surface area contributed by atoms with Crippen LogP contribution in [0.2, 0.25) is 0 Å². The summed E-state index contributed by atoms with van der Waals surface area (Å²) in [6.07, 6.45) is 5.35. The predicted molar refractivity (Wildman–Crippen MR) is 68.6 cm³/mol. The smallest absolute Gasteiger partial charge is 0.0558 e. The monoisotopic (exact) mass is 228 g/mol. The van der Waals surface area contributed by atoms with Crippen molar-refractivity contribution in [2.24, 2.45) is 11.8 Å². The SMILES string of the molecule is CCC1CCC(NC)C(CN(C)CCO)C1. The van der Waals surface area contributed by atoms with E-state index in [-0.39, 0.29) is 6.61 Å². The highest BCUT2D eigenvalue weighted by molar-refractivity contribution is 4.85. The Balaban J connectivity index is 2.44. The van der Waals surface area contributed by atoms with Gasteiger partial charge in [-0.15, -0.1) is 0 Å². The van der Waals surface area contributed by atoms with Gasteiger partial charge in [0.05, 0.1) is 6.61 Å². The number of nitrogens with zero attached hydrogens (tertiary/aromatic N) is 1. The first-order valence-corrected chi connectivity index (χ1v) is 6.67. The van der Waals surface area contributed by atoms with E-state index in [4.69, 9.17) is 5.11 Å². The van der Waals surface area contributed by atoms with Gasteiger partial charge in [-0.3, -0.25) is 0 Å². The van der Waals surface area contributed by atoms with Crippen molar-refractivity contribution >= 4 is 0 Å². The van der Waals surface area contributed by atoms with Gasteiger partial charge in [-0.1, -0.05) is 13.3 Å². The second kappa shape index (κ2) is 7.25. The van der Waals surface area contributed by atoms with Crippen LogP contribution in [0.1, 0.15) is 32.6 Å². The summed E-state index contributed by atoms with van der Waals surface area (Å²) in [5.74, 6) is 1.66. The van der Waals surface area contributed by atoms with E-state index in [0.717, 1.165) is 24.9 Å². The van der Waals surface area contributed by atoms with Crippen LogP contribution in [0.15, 0.2) is 0 Å². The van der Waals surface area contributed by atoms with Crippen molar-refractivity contribution in [2.75, 3.05) is 33.8 Å². The maximum absolute atomic E-state index is 8.93. The Hall–Kier alpha value is -0.120. The first kappa shape index (κ1) is 13.9. The van der Waals surface area contributed by atoms with Gasteiger partial charge in [-0.05, 0) is 45.2 Å². The lowest BCUT2D eigenvalue weighted by molar-refractivity contribution is 0.140. The Morgan fingerprint density at radius 1 is 1.38 bits per heavy atom. The molecule has 0 bridgehead atoms. The van der Waals surface area contributed by atoms with Gasteiger partial charge in [-0.2, -0.15) is 0 Å². The van der Waals surface area contributed by atoms with Crippen LogP contribution >= 0.6 is 0 Å². The number of rotatable bonds is 6. The van der Waals surface area contributed by atoms with E-state index in [9.17, 15) is 0 Å². The minimum Gasteiger partial charge on any atom is -0.395 e. The first-order valence-electron chi connectivity index (χ1n) is 6.67. The fraction of sp³-hybridized carbons (Fsp3) is 1.00. The molecule has 3 unspecified atom stereocenters. The quantitative estimate of drug-likeness (QED) is 0.720. The van der Waals surface area contributed by atoms with Crippen LogP contribution < -0.4 is 5.32 Å². The van der Waals surface area contributed by atoms with E-state index in [2.05, 4.69) is 31.2 Å². The molecule has 96 valence electrons. The van der Waals surface area contributed by atoms with Gasteiger partial charge in [-0.25, -0.2) is 0 Å². The summed E-state index contributed by atoms with van der Waals surface area (Å²) in [6.45, 7) is 4.48. The van der Waals surface area contributed by atoms with Gasteiger partial charge in [0, 0.05) is 19.1 Å². The topological polar surface area (TPSA) is 35.5 Å². The second-order valence-corrected chi connectivity index (χ2v) is 5.23. The lowest BCUT2D eigenvalue weighted by Crippen LogP contribution is -2.44. The molecule has 1 fully saturated rings. The zero-order valence-electron chi connectivity index (χ0n) is 11.1. The highest BCUT2D eigenvalue weighted by Gasteiger charge is 2.29. The van der Waals surface area contributed by atoms with Crippen LogP contribution in [0, 0.1) is 11.8 Å². The molecule has 16 heavy (non-hydrogen) atoms. The summed E-state index contributed by atoms with van der Waals surface area (Å²) in [7, 11) is 4.19. The molecule has 1 aliphatic rings. The maximum Gasteiger partial charge on any atom is 0.0558 e. The molecule has 0 radical (unpaired) electrons. The molecule has 3 heteroatoms. The fourth-order valence-corrected chi connectivity index (χ4v) is 2.98. The van der Waals surface area contributed by atoms with Crippen molar-refractivity contribution in [1.82, 2.24) is 10.2 Å². The Bertz CT molecular complexity index is 187. The zero-order valence-corrected chi connectivity index (χ0v) is 11.1. The van der Waals surface area contributed by atoms with Crippen LogP contribution in [0.3, 0.4) is 0 Å². The Labute approximate surface area is 100 Å². The summed E-state index contributed by atoms with van der Waals surface area (Å²) in [6, 6.07) is 0.670. The minimum atomic E-state index is 0.268. The van der Waals surface area contributed by atoms with E-state index >= 15 is 0 Å². The molecular weight excluding hydrogens is 200 g/mol. The molecule has 0 heterocycles. The van der Waals surface area contributed by atoms with Gasteiger partial charge < -0.3 is 15.3 Å². The van der Waals surface area contributed by atoms with E-state index in [1.807, 2.05) is 0 Å². The van der Waals surface area contributed by atoms with Crippen molar-refractivity contribution in [1.29, 1.82) is 0 Å². The molecular formula is C13H28N2O. The van der Waals surface area contributed by atoms with E-state index in [1.54, 1.807) is 0 Å². The molecule has 2 N–H and O–H groups in total. The van der Waals surface area contributed by atoms with Crippen LogP contribution in [0.4, 0.5) is 0 Å². The maximum atomic E-state index is 8.93. The molecule has 1 saturated carbocycles. The number of hydrogen-bond acceptors (Lipinski definition) is 3. The molecule has 0 saturated heterocycles. The highest BCUT2D eigenvalue weighted by atomic mass is 16.3. The van der Waals surface area contributed by atoms with E-state index in [0.29, 0.717) is 6.04 Å². The minimum absolute atomic E-state index is 0.268. The van der Waals surface area contributed by atoms with Gasteiger partial charge in [0.15, 0.2) is 0 Å². The summed E-state index contributed by atoms with van der Waals surface area (Å²) in [4.78, 5) is 2.26. The summed E-state index contributed by atoms with van der Waals surface area (Å²) < 4.78 is 0. The Morgan fingerprint density at radius 2 is 2.12 bits per heavy atom. The molecule has 0 aromatic carbocycles. The van der Waals surface area contributed by atoms with Crippen LogP contribution in [0.25, 0.3) is 0 Å². The largest absolute Gasteiger partial charge is 0.395 e. The van der Waals surface area contributed by atoms with E-state index in [1.165, 1.54) is 25.7 Å². The molecule has 3 atom stereocenters. The molecule has 1 aliphatic carbocycles. The van der Waals surface area contributed by atoms with Crippen molar-refractivity contribution in [2.45, 2.75) is 38.6 Å². The first-order chi connectivity index (χ1) is 7.71. The van der Waals surface area contributed by atoms with Crippen molar-refractivity contribution in [3.05, 3.63) is 0 Å². The summed E-state index contributed by atoms with van der Waals surface area (Å²) in [5, 5.41) is 12.4. The third-order valence-corrected chi connectivity index (χ3v) is 4.07. The summed E-state index contributed by atoms with van der Waals surface area (Å²) in [5.41, 5.74) is 0. The third kappa shape index (κ3) is 4.04. The van der Waals surface area contributed by atoms with Crippen LogP contribution in [-0.4, -0.2) is 49.8 Å². The number of likely N-dealkylation sites (N-methyl/N-ethyl adjacent to an activating group) is 1. The lowest BCUT2D eigenvalue weighted by atomic mass is 9.76. The molecule has 0 aromatic rings.